The second kappa shape index (κ2) is 9.50. The maximum atomic E-state index is 6.26. The summed E-state index contributed by atoms with van der Waals surface area (Å²) < 4.78 is 6.26. The van der Waals surface area contributed by atoms with Crippen molar-refractivity contribution in [3.05, 3.63) is 49.1 Å². The lowest BCUT2D eigenvalue weighted by atomic mass is 9.98. The average molecular weight is 494 g/mol. The molecule has 37 heavy (non-hydrogen) atoms. The SMILES string of the molecule is c1cc2[nH]c(-c3n[nH]c4ncc(-c5cncc(OC6CCCCC6)c5)cc34)cc2c(N2CCCCC2)n1. The summed E-state index contributed by atoms with van der Waals surface area (Å²) in [4.78, 5) is 19.9. The molecule has 0 spiro atoms. The highest BCUT2D eigenvalue weighted by molar-refractivity contribution is 5.99. The molecule has 188 valence electrons. The minimum absolute atomic E-state index is 0.290. The molecule has 2 aliphatic rings. The first-order valence-electron chi connectivity index (χ1n) is 13.5. The minimum atomic E-state index is 0.290. The molecular weight excluding hydrogens is 462 g/mol. The zero-order chi connectivity index (χ0) is 24.6. The topological polar surface area (TPSA) is 95.6 Å². The van der Waals surface area contributed by atoms with Crippen LogP contribution in [0.3, 0.4) is 0 Å². The Morgan fingerprint density at radius 2 is 1.68 bits per heavy atom. The van der Waals surface area contributed by atoms with Gasteiger partial charge in [-0.3, -0.25) is 10.1 Å². The van der Waals surface area contributed by atoms with Crippen LogP contribution in [0.1, 0.15) is 51.4 Å². The van der Waals surface area contributed by atoms with Gasteiger partial charge in [-0.15, -0.1) is 0 Å². The number of rotatable bonds is 5. The lowest BCUT2D eigenvalue weighted by molar-refractivity contribution is 0.154. The second-order valence-corrected chi connectivity index (χ2v) is 10.3. The number of hydrogen-bond donors (Lipinski definition) is 2. The number of H-pyrrole nitrogens is 2. The first kappa shape index (κ1) is 22.3. The summed E-state index contributed by atoms with van der Waals surface area (Å²) in [6.45, 7) is 2.12. The van der Waals surface area contributed by atoms with Gasteiger partial charge in [-0.1, -0.05) is 6.42 Å². The molecule has 1 saturated heterocycles. The van der Waals surface area contributed by atoms with Crippen LogP contribution in [0.4, 0.5) is 5.82 Å². The van der Waals surface area contributed by atoms with Gasteiger partial charge in [-0.25, -0.2) is 9.97 Å². The zero-order valence-corrected chi connectivity index (χ0v) is 20.9. The third-order valence-electron chi connectivity index (χ3n) is 7.76. The number of nitrogens with zero attached hydrogens (tertiary/aromatic N) is 5. The molecule has 0 radical (unpaired) electrons. The lowest BCUT2D eigenvalue weighted by Crippen LogP contribution is -2.30. The van der Waals surface area contributed by atoms with Crippen LogP contribution in [0.2, 0.25) is 0 Å². The Hall–Kier alpha value is -3.94. The first-order valence-corrected chi connectivity index (χ1v) is 13.5. The fourth-order valence-electron chi connectivity index (χ4n) is 5.81. The normalized spacial score (nSPS) is 17.0. The predicted molar refractivity (Wildman–Crippen MR) is 146 cm³/mol. The summed E-state index contributed by atoms with van der Waals surface area (Å²) in [5, 5.41) is 9.85. The van der Waals surface area contributed by atoms with Gasteiger partial charge in [0.1, 0.15) is 17.3 Å². The molecule has 8 heteroatoms. The number of anilines is 1. The van der Waals surface area contributed by atoms with Crippen molar-refractivity contribution in [2.45, 2.75) is 57.5 Å². The van der Waals surface area contributed by atoms with Crippen LogP contribution < -0.4 is 9.64 Å². The van der Waals surface area contributed by atoms with E-state index in [1.54, 1.807) is 0 Å². The smallest absolute Gasteiger partial charge is 0.155 e. The van der Waals surface area contributed by atoms with Crippen LogP contribution in [-0.4, -0.2) is 49.3 Å². The van der Waals surface area contributed by atoms with Crippen LogP contribution in [0.25, 0.3) is 44.5 Å². The standard InChI is InChI=1S/C29H31N7O/c1-3-7-21(8-4-1)37-22-13-19(16-30-18-22)20-14-24-27(34-35-28(24)32-17-20)26-15-23-25(33-26)9-10-31-29(23)36-11-5-2-6-12-36/h9-10,13-18,21,33H,1-8,11-12H2,(H,32,34,35). The highest BCUT2D eigenvalue weighted by Gasteiger charge is 2.19. The molecule has 2 N–H and O–H groups in total. The largest absolute Gasteiger partial charge is 0.489 e. The van der Waals surface area contributed by atoms with Gasteiger partial charge in [0, 0.05) is 53.6 Å². The van der Waals surface area contributed by atoms with E-state index >= 15 is 0 Å². The Morgan fingerprint density at radius 3 is 2.57 bits per heavy atom. The molecule has 6 heterocycles. The molecule has 5 aromatic rings. The Kier molecular flexibility index (Phi) is 5.72. The molecule has 1 aliphatic heterocycles. The Labute approximate surface area is 215 Å². The second-order valence-electron chi connectivity index (χ2n) is 10.3. The maximum absolute atomic E-state index is 6.26. The summed E-state index contributed by atoms with van der Waals surface area (Å²) >= 11 is 0. The summed E-state index contributed by atoms with van der Waals surface area (Å²) in [6, 6.07) is 8.42. The summed E-state index contributed by atoms with van der Waals surface area (Å²) in [7, 11) is 0. The Morgan fingerprint density at radius 1 is 0.838 bits per heavy atom. The van der Waals surface area contributed by atoms with Crippen molar-refractivity contribution in [1.82, 2.24) is 30.1 Å². The number of aromatic nitrogens is 6. The van der Waals surface area contributed by atoms with Gasteiger partial charge in [0.05, 0.1) is 23.5 Å². The van der Waals surface area contributed by atoms with Gasteiger partial charge in [0.25, 0.3) is 0 Å². The van der Waals surface area contributed by atoms with Crippen LogP contribution >= 0.6 is 0 Å². The molecule has 5 aromatic heterocycles. The quantitative estimate of drug-likeness (QED) is 0.300. The Bertz CT molecular complexity index is 1540. The fourth-order valence-corrected chi connectivity index (χ4v) is 5.81. The number of ether oxygens (including phenoxy) is 1. The van der Waals surface area contributed by atoms with E-state index in [1.807, 2.05) is 30.9 Å². The maximum Gasteiger partial charge on any atom is 0.155 e. The van der Waals surface area contributed by atoms with E-state index in [0.29, 0.717) is 6.10 Å². The molecule has 1 saturated carbocycles. The van der Waals surface area contributed by atoms with Crippen molar-refractivity contribution in [3.8, 4) is 28.3 Å². The van der Waals surface area contributed by atoms with Crippen molar-refractivity contribution < 1.29 is 4.74 Å². The molecule has 0 atom stereocenters. The fraction of sp³-hybridized carbons (Fsp3) is 0.379. The van der Waals surface area contributed by atoms with Crippen molar-refractivity contribution in [3.63, 3.8) is 0 Å². The molecule has 0 amide bonds. The molecule has 0 bridgehead atoms. The van der Waals surface area contributed by atoms with Crippen molar-refractivity contribution >= 4 is 27.8 Å². The third-order valence-corrected chi connectivity index (χ3v) is 7.76. The lowest BCUT2D eigenvalue weighted by Gasteiger charge is -2.28. The third kappa shape index (κ3) is 4.30. The molecule has 8 nitrogen and oxygen atoms in total. The van der Waals surface area contributed by atoms with E-state index < -0.39 is 0 Å². The number of nitrogens with one attached hydrogen (secondary N) is 2. The van der Waals surface area contributed by atoms with Gasteiger partial charge < -0.3 is 14.6 Å². The number of piperidine rings is 1. The molecule has 2 fully saturated rings. The molecule has 0 aromatic carbocycles. The van der Waals surface area contributed by atoms with Gasteiger partial charge in [0.15, 0.2) is 5.65 Å². The summed E-state index contributed by atoms with van der Waals surface area (Å²) in [5.74, 6) is 1.88. The highest BCUT2D eigenvalue weighted by atomic mass is 16.5. The molecule has 0 unspecified atom stereocenters. The van der Waals surface area contributed by atoms with E-state index in [-0.39, 0.29) is 0 Å². The highest BCUT2D eigenvalue weighted by Crippen LogP contribution is 2.34. The first-order chi connectivity index (χ1) is 18.3. The minimum Gasteiger partial charge on any atom is -0.489 e. The number of aromatic amines is 2. The van der Waals surface area contributed by atoms with Crippen molar-refractivity contribution in [2.24, 2.45) is 0 Å². The molecule has 7 rings (SSSR count). The van der Waals surface area contributed by atoms with Crippen LogP contribution in [0.15, 0.2) is 49.1 Å². The zero-order valence-electron chi connectivity index (χ0n) is 20.9. The monoisotopic (exact) mass is 493 g/mol. The van der Waals surface area contributed by atoms with Crippen molar-refractivity contribution in [1.29, 1.82) is 0 Å². The van der Waals surface area contributed by atoms with E-state index in [2.05, 4.69) is 48.2 Å². The van der Waals surface area contributed by atoms with Gasteiger partial charge in [-0.05, 0) is 69.2 Å². The predicted octanol–water partition coefficient (Wildman–Crippen LogP) is 6.27. The Balaban J connectivity index is 1.23. The van der Waals surface area contributed by atoms with Gasteiger partial charge >= 0.3 is 0 Å². The summed E-state index contributed by atoms with van der Waals surface area (Å²) in [6.07, 6.45) is 17.5. The average Bonchev–Trinajstić information content (AvgIpc) is 3.58. The van der Waals surface area contributed by atoms with Crippen LogP contribution in [0, 0.1) is 0 Å². The van der Waals surface area contributed by atoms with E-state index in [9.17, 15) is 0 Å². The van der Waals surface area contributed by atoms with Crippen molar-refractivity contribution in [2.75, 3.05) is 18.0 Å². The summed E-state index contributed by atoms with van der Waals surface area (Å²) in [5.41, 5.74) is 5.62. The number of fused-ring (bicyclic) bond motifs is 2. The van der Waals surface area contributed by atoms with Crippen LogP contribution in [-0.2, 0) is 0 Å². The molecular formula is C29H31N7O. The number of hydrogen-bond acceptors (Lipinski definition) is 6. The van der Waals surface area contributed by atoms with E-state index in [0.717, 1.165) is 81.9 Å². The molecule has 1 aliphatic carbocycles. The van der Waals surface area contributed by atoms with E-state index in [4.69, 9.17) is 9.72 Å². The number of pyridine rings is 3. The van der Waals surface area contributed by atoms with E-state index in [1.165, 1.54) is 38.5 Å². The van der Waals surface area contributed by atoms with Gasteiger partial charge in [0.2, 0.25) is 0 Å². The van der Waals surface area contributed by atoms with Crippen LogP contribution in [0.5, 0.6) is 5.75 Å². The van der Waals surface area contributed by atoms with Gasteiger partial charge in [-0.2, -0.15) is 5.10 Å².